The highest BCUT2D eigenvalue weighted by Gasteiger charge is 2.11. The van der Waals surface area contributed by atoms with E-state index in [2.05, 4.69) is 5.32 Å². The molecule has 3 heteroatoms. The first-order valence-electron chi connectivity index (χ1n) is 5.11. The van der Waals surface area contributed by atoms with E-state index in [4.69, 9.17) is 11.6 Å². The molecule has 1 aromatic carbocycles. The summed E-state index contributed by atoms with van der Waals surface area (Å²) in [5.74, 6) is 0. The van der Waals surface area contributed by atoms with Gasteiger partial charge in [-0.25, -0.2) is 0 Å². The van der Waals surface area contributed by atoms with E-state index in [1.807, 2.05) is 25.1 Å². The monoisotopic (exact) mass is 227 g/mol. The summed E-state index contributed by atoms with van der Waals surface area (Å²) in [4.78, 5) is 0. The number of hydrogen-bond donors (Lipinski definition) is 2. The van der Waals surface area contributed by atoms with Crippen LogP contribution in [0.4, 0.5) is 5.69 Å². The van der Waals surface area contributed by atoms with Gasteiger partial charge >= 0.3 is 0 Å². The molecular weight excluding hydrogens is 210 g/mol. The van der Waals surface area contributed by atoms with Gasteiger partial charge in [0.15, 0.2) is 0 Å². The molecule has 2 N–H and O–H groups in total. The maximum Gasteiger partial charge on any atom is 0.0637 e. The van der Waals surface area contributed by atoms with Crippen molar-refractivity contribution in [1.82, 2.24) is 0 Å². The van der Waals surface area contributed by atoms with E-state index in [0.29, 0.717) is 13.0 Å². The average molecular weight is 228 g/mol. The Morgan fingerprint density at radius 1 is 1.40 bits per heavy atom. The SMILES string of the molecule is Cc1ccc(Cl)c(NCCC(C)(C)O)c1. The van der Waals surface area contributed by atoms with E-state index in [0.717, 1.165) is 10.7 Å². The number of benzene rings is 1. The number of halogens is 1. The summed E-state index contributed by atoms with van der Waals surface area (Å²) in [6.45, 7) is 6.34. The minimum absolute atomic E-state index is 0.636. The second-order valence-corrected chi connectivity index (χ2v) is 4.88. The summed E-state index contributed by atoms with van der Waals surface area (Å²) < 4.78 is 0. The van der Waals surface area contributed by atoms with E-state index in [1.54, 1.807) is 13.8 Å². The Morgan fingerprint density at radius 3 is 2.67 bits per heavy atom. The van der Waals surface area contributed by atoms with E-state index in [-0.39, 0.29) is 0 Å². The van der Waals surface area contributed by atoms with Crippen LogP contribution in [0.5, 0.6) is 0 Å². The topological polar surface area (TPSA) is 32.3 Å². The van der Waals surface area contributed by atoms with Crippen LogP contribution in [0.3, 0.4) is 0 Å². The molecule has 0 spiro atoms. The van der Waals surface area contributed by atoms with Gasteiger partial charge in [-0.2, -0.15) is 0 Å². The standard InChI is InChI=1S/C12H18ClNO/c1-9-4-5-10(13)11(8-9)14-7-6-12(2,3)15/h4-5,8,14-15H,6-7H2,1-3H3. The average Bonchev–Trinajstić information content (AvgIpc) is 2.09. The van der Waals surface area contributed by atoms with Crippen LogP contribution >= 0.6 is 11.6 Å². The largest absolute Gasteiger partial charge is 0.390 e. The van der Waals surface area contributed by atoms with Crippen LogP contribution in [0.1, 0.15) is 25.8 Å². The summed E-state index contributed by atoms with van der Waals surface area (Å²) in [6, 6.07) is 5.86. The van der Waals surface area contributed by atoms with E-state index in [9.17, 15) is 5.11 Å². The smallest absolute Gasteiger partial charge is 0.0637 e. The number of hydrogen-bond acceptors (Lipinski definition) is 2. The molecule has 0 bridgehead atoms. The Kier molecular flexibility index (Phi) is 4.00. The lowest BCUT2D eigenvalue weighted by atomic mass is 10.1. The van der Waals surface area contributed by atoms with Crippen molar-refractivity contribution in [3.8, 4) is 0 Å². The van der Waals surface area contributed by atoms with E-state index in [1.165, 1.54) is 5.56 Å². The lowest BCUT2D eigenvalue weighted by Crippen LogP contribution is -2.22. The molecular formula is C12H18ClNO. The minimum atomic E-state index is -0.636. The number of aryl methyl sites for hydroxylation is 1. The fraction of sp³-hybridized carbons (Fsp3) is 0.500. The van der Waals surface area contributed by atoms with Gasteiger partial charge in [0.25, 0.3) is 0 Å². The first kappa shape index (κ1) is 12.3. The summed E-state index contributed by atoms with van der Waals surface area (Å²) in [7, 11) is 0. The molecule has 0 amide bonds. The second-order valence-electron chi connectivity index (χ2n) is 4.47. The van der Waals surface area contributed by atoms with Crippen LogP contribution in [-0.4, -0.2) is 17.3 Å². The van der Waals surface area contributed by atoms with Crippen molar-refractivity contribution in [1.29, 1.82) is 0 Å². The van der Waals surface area contributed by atoms with Gasteiger partial charge in [0, 0.05) is 6.54 Å². The van der Waals surface area contributed by atoms with Gasteiger partial charge in [0.2, 0.25) is 0 Å². The quantitative estimate of drug-likeness (QED) is 0.828. The van der Waals surface area contributed by atoms with E-state index >= 15 is 0 Å². The van der Waals surface area contributed by atoms with Crippen LogP contribution in [0, 0.1) is 6.92 Å². The predicted molar refractivity (Wildman–Crippen MR) is 65.6 cm³/mol. The summed E-state index contributed by atoms with van der Waals surface area (Å²) in [6.07, 6.45) is 0.692. The second kappa shape index (κ2) is 4.86. The molecule has 0 aromatic heterocycles. The van der Waals surface area contributed by atoms with Crippen LogP contribution in [0.15, 0.2) is 18.2 Å². The Morgan fingerprint density at radius 2 is 2.07 bits per heavy atom. The Labute approximate surface area is 96.3 Å². The normalized spacial score (nSPS) is 11.5. The van der Waals surface area contributed by atoms with Gasteiger partial charge in [0.1, 0.15) is 0 Å². The first-order chi connectivity index (χ1) is 6.88. The Balaban J connectivity index is 2.54. The summed E-state index contributed by atoms with van der Waals surface area (Å²) in [5, 5.41) is 13.5. The molecule has 0 aliphatic rings. The molecule has 0 aliphatic carbocycles. The van der Waals surface area contributed by atoms with Crippen molar-refractivity contribution in [2.45, 2.75) is 32.8 Å². The van der Waals surface area contributed by atoms with Crippen molar-refractivity contribution in [2.24, 2.45) is 0 Å². The molecule has 84 valence electrons. The Bertz CT molecular complexity index is 331. The third-order valence-electron chi connectivity index (χ3n) is 2.17. The summed E-state index contributed by atoms with van der Waals surface area (Å²) >= 11 is 6.02. The molecule has 0 saturated heterocycles. The Hall–Kier alpha value is -0.730. The summed E-state index contributed by atoms with van der Waals surface area (Å²) in [5.41, 5.74) is 1.47. The number of rotatable bonds is 4. The van der Waals surface area contributed by atoms with Gasteiger partial charge in [0.05, 0.1) is 16.3 Å². The molecule has 0 aliphatic heterocycles. The van der Waals surface area contributed by atoms with Gasteiger partial charge in [-0.3, -0.25) is 0 Å². The highest BCUT2D eigenvalue weighted by Crippen LogP contribution is 2.23. The zero-order valence-corrected chi connectivity index (χ0v) is 10.2. The molecule has 2 nitrogen and oxygen atoms in total. The minimum Gasteiger partial charge on any atom is -0.390 e. The van der Waals surface area contributed by atoms with Crippen molar-refractivity contribution in [3.05, 3.63) is 28.8 Å². The molecule has 0 saturated carbocycles. The molecule has 1 aromatic rings. The molecule has 1 rings (SSSR count). The van der Waals surface area contributed by atoms with Crippen LogP contribution < -0.4 is 5.32 Å². The van der Waals surface area contributed by atoms with Gasteiger partial charge in [-0.05, 0) is 44.9 Å². The predicted octanol–water partition coefficient (Wildman–Crippen LogP) is 3.22. The lowest BCUT2D eigenvalue weighted by molar-refractivity contribution is 0.0749. The zero-order valence-electron chi connectivity index (χ0n) is 9.47. The molecule has 0 fully saturated rings. The maximum absolute atomic E-state index is 9.55. The first-order valence-corrected chi connectivity index (χ1v) is 5.49. The third kappa shape index (κ3) is 4.54. The van der Waals surface area contributed by atoms with Gasteiger partial charge in [-0.15, -0.1) is 0 Å². The number of nitrogens with one attached hydrogen (secondary N) is 1. The van der Waals surface area contributed by atoms with Crippen molar-refractivity contribution in [3.63, 3.8) is 0 Å². The lowest BCUT2D eigenvalue weighted by Gasteiger charge is -2.18. The zero-order chi connectivity index (χ0) is 11.5. The highest BCUT2D eigenvalue weighted by atomic mass is 35.5. The van der Waals surface area contributed by atoms with E-state index < -0.39 is 5.60 Å². The molecule has 15 heavy (non-hydrogen) atoms. The van der Waals surface area contributed by atoms with Crippen molar-refractivity contribution < 1.29 is 5.11 Å². The molecule has 0 atom stereocenters. The van der Waals surface area contributed by atoms with Crippen LogP contribution in [-0.2, 0) is 0 Å². The van der Waals surface area contributed by atoms with Crippen LogP contribution in [0.25, 0.3) is 0 Å². The van der Waals surface area contributed by atoms with Gasteiger partial charge < -0.3 is 10.4 Å². The molecule has 0 heterocycles. The fourth-order valence-electron chi connectivity index (χ4n) is 1.28. The van der Waals surface area contributed by atoms with Crippen molar-refractivity contribution in [2.75, 3.05) is 11.9 Å². The van der Waals surface area contributed by atoms with Crippen LogP contribution in [0.2, 0.25) is 5.02 Å². The highest BCUT2D eigenvalue weighted by molar-refractivity contribution is 6.33. The number of anilines is 1. The third-order valence-corrected chi connectivity index (χ3v) is 2.50. The fourth-order valence-corrected chi connectivity index (χ4v) is 1.46. The number of aliphatic hydroxyl groups is 1. The maximum atomic E-state index is 9.55. The molecule has 0 radical (unpaired) electrons. The van der Waals surface area contributed by atoms with Gasteiger partial charge in [-0.1, -0.05) is 17.7 Å². The van der Waals surface area contributed by atoms with Crippen molar-refractivity contribution >= 4 is 17.3 Å². The molecule has 0 unspecified atom stereocenters.